The van der Waals surface area contributed by atoms with Crippen molar-refractivity contribution >= 4 is 17.2 Å². The molecule has 0 fully saturated rings. The van der Waals surface area contributed by atoms with E-state index in [9.17, 15) is 0 Å². The Hall–Kier alpha value is -0.830. The Bertz CT molecular complexity index is 292. The van der Waals surface area contributed by atoms with Crippen molar-refractivity contribution in [3.05, 3.63) is 22.4 Å². The number of thiophene rings is 1. The van der Waals surface area contributed by atoms with Crippen LogP contribution in [0, 0.1) is 0 Å². The summed E-state index contributed by atoms with van der Waals surface area (Å²) in [7, 11) is 0. The molecule has 0 saturated carbocycles. The number of ether oxygens (including phenoxy) is 1. The first-order chi connectivity index (χ1) is 6.38. The van der Waals surface area contributed by atoms with Gasteiger partial charge in [-0.05, 0) is 17.9 Å². The molecule has 0 aliphatic carbocycles. The highest BCUT2D eigenvalue weighted by molar-refractivity contribution is 7.10. The van der Waals surface area contributed by atoms with Gasteiger partial charge in [0.1, 0.15) is 6.61 Å². The molecule has 1 aromatic heterocycles. The lowest BCUT2D eigenvalue weighted by Gasteiger charge is -1.98. The van der Waals surface area contributed by atoms with Gasteiger partial charge >= 0.3 is 0 Å². The van der Waals surface area contributed by atoms with Gasteiger partial charge < -0.3 is 4.74 Å². The van der Waals surface area contributed by atoms with E-state index in [-0.39, 0.29) is 0 Å². The van der Waals surface area contributed by atoms with Crippen LogP contribution in [0.3, 0.4) is 0 Å². The summed E-state index contributed by atoms with van der Waals surface area (Å²) in [5.74, 6) is 0.911. The van der Waals surface area contributed by atoms with Crippen molar-refractivity contribution < 1.29 is 4.74 Å². The van der Waals surface area contributed by atoms with Crippen LogP contribution in [-0.4, -0.2) is 18.5 Å². The Labute approximate surface area is 82.3 Å². The predicted octanol–water partition coefficient (Wildman–Crippen LogP) is 2.50. The minimum absolute atomic E-state index is 0.398. The molecular weight excluding hydrogens is 182 g/mol. The Balaban J connectivity index is 1.96. The summed E-state index contributed by atoms with van der Waals surface area (Å²) in [4.78, 5) is 5.81. The van der Waals surface area contributed by atoms with E-state index in [4.69, 9.17) is 4.74 Å². The third kappa shape index (κ3) is 2.10. The molecule has 0 radical (unpaired) electrons. The van der Waals surface area contributed by atoms with Crippen molar-refractivity contribution in [3.8, 4) is 0 Å². The fraction of sp³-hybridized carbons (Fsp3) is 0.500. The number of nitrogens with zero attached hydrogens (tertiary/aromatic N) is 1. The highest BCUT2D eigenvalue weighted by Crippen LogP contribution is 2.15. The molecule has 1 aliphatic rings. The average molecular weight is 195 g/mol. The van der Waals surface area contributed by atoms with E-state index < -0.39 is 0 Å². The number of hydrogen-bond donors (Lipinski definition) is 0. The summed E-state index contributed by atoms with van der Waals surface area (Å²) in [5, 5.41) is 2.09. The molecular formula is C10H13NOS. The van der Waals surface area contributed by atoms with E-state index >= 15 is 0 Å². The van der Waals surface area contributed by atoms with Gasteiger partial charge in [-0.3, -0.25) is 0 Å². The Morgan fingerprint density at radius 2 is 2.62 bits per heavy atom. The SMILES string of the molecule is CCC1COC(Cc2cccs2)=N1. The molecule has 1 atom stereocenters. The maximum absolute atomic E-state index is 5.49. The van der Waals surface area contributed by atoms with Crippen molar-refractivity contribution in [1.82, 2.24) is 0 Å². The summed E-state index contributed by atoms with van der Waals surface area (Å²) >= 11 is 1.76. The van der Waals surface area contributed by atoms with Gasteiger partial charge in [0.15, 0.2) is 5.90 Å². The molecule has 70 valence electrons. The fourth-order valence-corrected chi connectivity index (χ4v) is 2.03. The number of aliphatic imine (C=N–C) groups is 1. The zero-order valence-corrected chi connectivity index (χ0v) is 8.51. The number of hydrogen-bond acceptors (Lipinski definition) is 3. The highest BCUT2D eigenvalue weighted by Gasteiger charge is 2.16. The first kappa shape index (κ1) is 8.75. The molecule has 13 heavy (non-hydrogen) atoms. The van der Waals surface area contributed by atoms with Gasteiger partial charge in [-0.25, -0.2) is 4.99 Å². The molecule has 2 heterocycles. The maximum atomic E-state index is 5.49. The molecule has 1 unspecified atom stereocenters. The normalized spacial score (nSPS) is 21.3. The molecule has 0 aromatic carbocycles. The van der Waals surface area contributed by atoms with Gasteiger partial charge in [0.25, 0.3) is 0 Å². The van der Waals surface area contributed by atoms with Crippen molar-refractivity contribution in [2.45, 2.75) is 25.8 Å². The monoisotopic (exact) mass is 195 g/mol. The van der Waals surface area contributed by atoms with Crippen LogP contribution in [0.1, 0.15) is 18.2 Å². The molecule has 1 aliphatic heterocycles. The lowest BCUT2D eigenvalue weighted by Crippen LogP contribution is -2.04. The average Bonchev–Trinajstić information content (AvgIpc) is 2.76. The van der Waals surface area contributed by atoms with E-state index in [2.05, 4.69) is 29.4 Å². The molecule has 0 N–H and O–H groups in total. The second-order valence-corrected chi connectivity index (χ2v) is 4.18. The third-order valence-corrected chi connectivity index (χ3v) is 3.02. The Morgan fingerprint density at radius 3 is 3.23 bits per heavy atom. The van der Waals surface area contributed by atoms with Crippen LogP contribution >= 0.6 is 11.3 Å². The van der Waals surface area contributed by atoms with Crippen LogP contribution in [0.15, 0.2) is 22.5 Å². The van der Waals surface area contributed by atoms with Crippen LogP contribution in [0.5, 0.6) is 0 Å². The quantitative estimate of drug-likeness (QED) is 0.726. The molecule has 0 saturated heterocycles. The predicted molar refractivity (Wildman–Crippen MR) is 55.5 cm³/mol. The highest BCUT2D eigenvalue weighted by atomic mass is 32.1. The summed E-state index contributed by atoms with van der Waals surface area (Å²) in [5.41, 5.74) is 0. The van der Waals surface area contributed by atoms with Crippen molar-refractivity contribution in [1.29, 1.82) is 0 Å². The van der Waals surface area contributed by atoms with E-state index in [1.165, 1.54) is 4.88 Å². The van der Waals surface area contributed by atoms with Crippen molar-refractivity contribution in [2.75, 3.05) is 6.61 Å². The van der Waals surface area contributed by atoms with Crippen LogP contribution in [0.25, 0.3) is 0 Å². The number of rotatable bonds is 3. The van der Waals surface area contributed by atoms with Gasteiger partial charge in [0.2, 0.25) is 0 Å². The van der Waals surface area contributed by atoms with Gasteiger partial charge in [-0.2, -0.15) is 0 Å². The summed E-state index contributed by atoms with van der Waals surface area (Å²) in [6, 6.07) is 4.58. The summed E-state index contributed by atoms with van der Waals surface area (Å²) < 4.78 is 5.49. The first-order valence-corrected chi connectivity index (χ1v) is 5.48. The molecule has 0 spiro atoms. The lowest BCUT2D eigenvalue weighted by atomic mass is 10.3. The zero-order valence-electron chi connectivity index (χ0n) is 7.69. The molecule has 2 nitrogen and oxygen atoms in total. The van der Waals surface area contributed by atoms with Gasteiger partial charge in [0, 0.05) is 4.88 Å². The standard InChI is InChI=1S/C10H13NOS/c1-2-8-7-12-10(11-8)6-9-4-3-5-13-9/h3-5,8H,2,6-7H2,1H3. The summed E-state index contributed by atoms with van der Waals surface area (Å²) in [6.07, 6.45) is 1.95. The topological polar surface area (TPSA) is 21.6 Å². The molecule has 0 bridgehead atoms. The maximum Gasteiger partial charge on any atom is 0.189 e. The van der Waals surface area contributed by atoms with Gasteiger partial charge in [-0.15, -0.1) is 11.3 Å². The molecule has 0 amide bonds. The van der Waals surface area contributed by atoms with E-state index in [0.29, 0.717) is 6.04 Å². The van der Waals surface area contributed by atoms with Gasteiger partial charge in [-0.1, -0.05) is 13.0 Å². The van der Waals surface area contributed by atoms with Gasteiger partial charge in [0.05, 0.1) is 12.5 Å². The molecule has 1 aromatic rings. The Morgan fingerprint density at radius 1 is 1.69 bits per heavy atom. The summed E-state index contributed by atoms with van der Waals surface area (Å²) in [6.45, 7) is 2.92. The van der Waals surface area contributed by atoms with E-state index in [1.54, 1.807) is 11.3 Å². The van der Waals surface area contributed by atoms with Crippen LogP contribution in [0.2, 0.25) is 0 Å². The fourth-order valence-electron chi connectivity index (χ4n) is 1.34. The zero-order chi connectivity index (χ0) is 9.10. The van der Waals surface area contributed by atoms with E-state index in [1.807, 2.05) is 0 Å². The second kappa shape index (κ2) is 3.92. The molecule has 2 rings (SSSR count). The van der Waals surface area contributed by atoms with Crippen molar-refractivity contribution in [3.63, 3.8) is 0 Å². The van der Waals surface area contributed by atoms with Crippen LogP contribution in [-0.2, 0) is 11.2 Å². The minimum atomic E-state index is 0.398. The third-order valence-electron chi connectivity index (χ3n) is 2.15. The smallest absolute Gasteiger partial charge is 0.189 e. The van der Waals surface area contributed by atoms with Crippen LogP contribution in [0.4, 0.5) is 0 Å². The van der Waals surface area contributed by atoms with Crippen LogP contribution < -0.4 is 0 Å². The first-order valence-electron chi connectivity index (χ1n) is 4.60. The van der Waals surface area contributed by atoms with Crippen molar-refractivity contribution in [2.24, 2.45) is 4.99 Å². The minimum Gasteiger partial charge on any atom is -0.478 e. The second-order valence-electron chi connectivity index (χ2n) is 3.15. The Kier molecular flexibility index (Phi) is 2.64. The molecule has 3 heteroatoms. The largest absolute Gasteiger partial charge is 0.478 e. The lowest BCUT2D eigenvalue weighted by molar-refractivity contribution is 0.309. The van der Waals surface area contributed by atoms with E-state index in [0.717, 1.165) is 25.3 Å².